The normalized spacial score (nSPS) is 13.7. The lowest BCUT2D eigenvalue weighted by atomic mass is 10.1. The highest BCUT2D eigenvalue weighted by atomic mass is 19.1. The summed E-state index contributed by atoms with van der Waals surface area (Å²) in [6, 6.07) is 5.66. The Morgan fingerprint density at radius 3 is 2.54 bits per heavy atom. The van der Waals surface area contributed by atoms with Crippen molar-refractivity contribution in [3.8, 4) is 5.75 Å². The number of nitrogens with two attached hydrogens (primary N) is 1. The second-order valence-electron chi connectivity index (χ2n) is 9.62. The molecule has 0 bridgehead atoms. The Labute approximate surface area is 227 Å². The molecular formula is C27H34FN9O2. The molecule has 1 fully saturated rings. The molecule has 3 heterocycles. The second-order valence-corrected chi connectivity index (χ2v) is 9.62. The summed E-state index contributed by atoms with van der Waals surface area (Å²) in [5.41, 5.74) is 4.54. The van der Waals surface area contributed by atoms with Crippen LogP contribution in [0.1, 0.15) is 27.3 Å². The molecule has 0 radical (unpaired) electrons. The molecule has 1 aliphatic rings. The number of pyridine rings is 1. The van der Waals surface area contributed by atoms with Crippen LogP contribution in [0.15, 0.2) is 49.3 Å². The third-order valence-corrected chi connectivity index (χ3v) is 6.77. The number of hydrazine groups is 1. The summed E-state index contributed by atoms with van der Waals surface area (Å²) < 4.78 is 20.3. The number of nitrogens with one attached hydrogen (secondary N) is 2. The number of ether oxygens (including phenoxy) is 1. The smallest absolute Gasteiger partial charge is 0.270 e. The van der Waals surface area contributed by atoms with Crippen molar-refractivity contribution in [2.75, 3.05) is 55.0 Å². The molecule has 0 aliphatic carbocycles. The maximum Gasteiger partial charge on any atom is 0.270 e. The third-order valence-electron chi connectivity index (χ3n) is 6.77. The van der Waals surface area contributed by atoms with E-state index < -0.39 is 11.9 Å². The first-order valence-electron chi connectivity index (χ1n) is 12.5. The molecule has 0 unspecified atom stereocenters. The van der Waals surface area contributed by atoms with Crippen LogP contribution in [-0.4, -0.2) is 71.1 Å². The molecule has 0 spiro atoms. The average molecular weight is 536 g/mol. The molecular weight excluding hydrogens is 501 g/mol. The van der Waals surface area contributed by atoms with Crippen LogP contribution in [0.4, 0.5) is 21.5 Å². The molecule has 1 amide bonds. The Bertz CT molecular complexity index is 1400. The molecule has 1 aliphatic heterocycles. The summed E-state index contributed by atoms with van der Waals surface area (Å²) in [5, 5.41) is 16.9. The van der Waals surface area contributed by atoms with Gasteiger partial charge in [0.05, 0.1) is 41.7 Å². The van der Waals surface area contributed by atoms with Crippen LogP contribution >= 0.6 is 0 Å². The fourth-order valence-corrected chi connectivity index (χ4v) is 4.37. The third kappa shape index (κ3) is 6.59. The number of likely N-dealkylation sites (N-methyl/N-ethyl adjacent to an activating group) is 1. The maximum absolute atomic E-state index is 13.5. The maximum atomic E-state index is 13.5. The molecule has 0 saturated carbocycles. The van der Waals surface area contributed by atoms with Gasteiger partial charge in [0.25, 0.3) is 11.9 Å². The molecule has 3 aromatic rings. The molecule has 11 nitrogen and oxygen atoms in total. The van der Waals surface area contributed by atoms with Gasteiger partial charge in [0.15, 0.2) is 0 Å². The molecule has 12 heteroatoms. The van der Waals surface area contributed by atoms with Crippen molar-refractivity contribution >= 4 is 28.7 Å². The van der Waals surface area contributed by atoms with Crippen molar-refractivity contribution in [2.24, 2.45) is 12.9 Å². The van der Waals surface area contributed by atoms with Gasteiger partial charge >= 0.3 is 0 Å². The van der Waals surface area contributed by atoms with Crippen molar-refractivity contribution in [2.45, 2.75) is 13.8 Å². The Kier molecular flexibility index (Phi) is 8.27. The molecule has 1 aromatic carbocycles. The Morgan fingerprint density at radius 2 is 1.90 bits per heavy atom. The predicted octanol–water partition coefficient (Wildman–Crippen LogP) is 3.00. The number of anilines is 3. The number of nitrogens with zero attached hydrogens (tertiary/aromatic N) is 6. The molecule has 1 saturated heterocycles. The minimum Gasteiger partial charge on any atom is -0.432 e. The van der Waals surface area contributed by atoms with Gasteiger partial charge in [-0.25, -0.2) is 5.84 Å². The van der Waals surface area contributed by atoms with E-state index in [1.54, 1.807) is 36.0 Å². The largest absolute Gasteiger partial charge is 0.432 e. The van der Waals surface area contributed by atoms with Gasteiger partial charge < -0.3 is 30.3 Å². The van der Waals surface area contributed by atoms with Gasteiger partial charge in [0.1, 0.15) is 5.75 Å². The zero-order valence-electron chi connectivity index (χ0n) is 22.7. The molecule has 39 heavy (non-hydrogen) atoms. The van der Waals surface area contributed by atoms with E-state index >= 15 is 0 Å². The van der Waals surface area contributed by atoms with E-state index in [9.17, 15) is 9.18 Å². The summed E-state index contributed by atoms with van der Waals surface area (Å²) in [6.45, 7) is 10.2. The summed E-state index contributed by atoms with van der Waals surface area (Å²) in [6.07, 6.45) is 3.17. The highest BCUT2D eigenvalue weighted by Crippen LogP contribution is 2.28. The monoisotopic (exact) mass is 535 g/mol. The van der Waals surface area contributed by atoms with E-state index in [-0.39, 0.29) is 12.3 Å². The van der Waals surface area contributed by atoms with Gasteiger partial charge in [-0.3, -0.25) is 14.5 Å². The Balaban J connectivity index is 1.54. The highest BCUT2D eigenvalue weighted by molar-refractivity contribution is 6.05. The van der Waals surface area contributed by atoms with Crippen LogP contribution in [0.5, 0.6) is 5.75 Å². The quantitative estimate of drug-likeness (QED) is 0.165. The molecule has 4 N–H and O–H groups in total. The molecule has 0 atom stereocenters. The number of aromatic nitrogens is 3. The van der Waals surface area contributed by atoms with Crippen molar-refractivity contribution in [1.82, 2.24) is 19.7 Å². The first-order chi connectivity index (χ1) is 18.5. The SMILES string of the molecule is C=C(F)Oc1cc(C(=O)Nc2cnc(C)c(N(N)CC(=N)c3cnn(C)c3C)c2)cc(N2CCN(C)CC2)c1. The fourth-order valence-electron chi connectivity index (χ4n) is 4.37. The van der Waals surface area contributed by atoms with E-state index in [0.29, 0.717) is 33.9 Å². The minimum absolute atomic E-state index is 0.118. The lowest BCUT2D eigenvalue weighted by Crippen LogP contribution is -2.44. The highest BCUT2D eigenvalue weighted by Gasteiger charge is 2.19. The van der Waals surface area contributed by atoms with Crippen LogP contribution in [0, 0.1) is 19.3 Å². The van der Waals surface area contributed by atoms with Crippen LogP contribution in [0.25, 0.3) is 0 Å². The number of carbonyl (C=O) groups is 1. The first-order valence-corrected chi connectivity index (χ1v) is 12.5. The van der Waals surface area contributed by atoms with E-state index in [1.165, 1.54) is 17.3 Å². The lowest BCUT2D eigenvalue weighted by Gasteiger charge is -2.34. The number of carbonyl (C=O) groups excluding carboxylic acids is 1. The van der Waals surface area contributed by atoms with Crippen LogP contribution in [0.2, 0.25) is 0 Å². The number of rotatable bonds is 9. The first kappa shape index (κ1) is 27.7. The van der Waals surface area contributed by atoms with Gasteiger partial charge in [-0.2, -0.15) is 9.49 Å². The van der Waals surface area contributed by atoms with E-state index in [4.69, 9.17) is 16.0 Å². The topological polar surface area (TPSA) is 129 Å². The van der Waals surface area contributed by atoms with Crippen molar-refractivity contribution in [3.63, 3.8) is 0 Å². The van der Waals surface area contributed by atoms with E-state index in [2.05, 4.69) is 38.8 Å². The lowest BCUT2D eigenvalue weighted by molar-refractivity contribution is 0.102. The van der Waals surface area contributed by atoms with Crippen LogP contribution < -0.4 is 25.8 Å². The van der Waals surface area contributed by atoms with Crippen molar-refractivity contribution < 1.29 is 13.9 Å². The van der Waals surface area contributed by atoms with Gasteiger partial charge in [-0.1, -0.05) is 0 Å². The van der Waals surface area contributed by atoms with Gasteiger partial charge in [-0.05, 0) is 45.7 Å². The average Bonchev–Trinajstić information content (AvgIpc) is 3.22. The summed E-state index contributed by atoms with van der Waals surface area (Å²) in [5.74, 6) is 6.09. The van der Waals surface area contributed by atoms with E-state index in [1.807, 2.05) is 14.0 Å². The number of amides is 1. The summed E-state index contributed by atoms with van der Waals surface area (Å²) in [7, 11) is 3.87. The number of aryl methyl sites for hydroxylation is 2. The van der Waals surface area contributed by atoms with Gasteiger partial charge in [0.2, 0.25) is 0 Å². The Hall–Kier alpha value is -4.29. The molecule has 4 rings (SSSR count). The van der Waals surface area contributed by atoms with E-state index in [0.717, 1.165) is 37.6 Å². The fraction of sp³-hybridized carbons (Fsp3) is 0.333. The predicted molar refractivity (Wildman–Crippen MR) is 150 cm³/mol. The number of hydrogen-bond acceptors (Lipinski definition) is 9. The van der Waals surface area contributed by atoms with Gasteiger partial charge in [0, 0.05) is 61.8 Å². The minimum atomic E-state index is -0.959. The Morgan fingerprint density at radius 1 is 1.18 bits per heavy atom. The van der Waals surface area contributed by atoms with Crippen molar-refractivity contribution in [1.29, 1.82) is 5.41 Å². The molecule has 206 valence electrons. The molecule has 2 aromatic heterocycles. The standard InChI is InChI=1S/C27H34FN9O2/c1-17-26(37(30)16-25(29)24-15-32-35(5)18(24)2)12-21(14-31-17)33-27(38)20-10-22(13-23(11-20)39-19(3)28)36-8-6-34(4)7-9-36/h10-15,29H,3,6-9,16,30H2,1-2,4-5H3,(H,33,38). The number of halogens is 1. The van der Waals surface area contributed by atoms with Crippen LogP contribution in [0.3, 0.4) is 0 Å². The van der Waals surface area contributed by atoms with Crippen LogP contribution in [-0.2, 0) is 7.05 Å². The number of piperazine rings is 1. The second kappa shape index (κ2) is 11.6. The van der Waals surface area contributed by atoms with Crippen molar-refractivity contribution in [3.05, 3.63) is 71.8 Å². The zero-order chi connectivity index (χ0) is 28.3. The van der Waals surface area contributed by atoms with Gasteiger partial charge in [-0.15, -0.1) is 0 Å². The number of benzene rings is 1. The summed E-state index contributed by atoms with van der Waals surface area (Å²) in [4.78, 5) is 22.0. The number of hydrogen-bond donors (Lipinski definition) is 3. The zero-order valence-corrected chi connectivity index (χ0v) is 22.7. The summed E-state index contributed by atoms with van der Waals surface area (Å²) >= 11 is 0.